The minimum atomic E-state index is 0.612. The second-order valence-corrected chi connectivity index (χ2v) is 5.15. The lowest BCUT2D eigenvalue weighted by molar-refractivity contribution is 0.747. The van der Waals surface area contributed by atoms with Crippen LogP contribution in [0.3, 0.4) is 0 Å². The van der Waals surface area contributed by atoms with Gasteiger partial charge < -0.3 is 0 Å². The van der Waals surface area contributed by atoms with E-state index in [9.17, 15) is 0 Å². The van der Waals surface area contributed by atoms with Crippen LogP contribution in [0.5, 0.6) is 0 Å². The monoisotopic (exact) mass is 235 g/mol. The van der Waals surface area contributed by atoms with Gasteiger partial charge in [0.05, 0.1) is 11.2 Å². The Morgan fingerprint density at radius 1 is 1.17 bits per heavy atom. The topological polar surface area (TPSA) is 12.9 Å². The standard InChI is InChI=1S/C17H17N/c1-12-4-3-5-14(10-12)17-9-7-15-11-13(2)6-8-16(15)18-17/h3-9,11-12H,10H2,1-2H3. The number of nitrogens with zero attached hydrogens (tertiary/aromatic N) is 1. The average molecular weight is 235 g/mol. The molecule has 0 bridgehead atoms. The number of pyridine rings is 1. The Kier molecular flexibility index (Phi) is 2.75. The van der Waals surface area contributed by atoms with Gasteiger partial charge in [-0.3, -0.25) is 0 Å². The number of aromatic nitrogens is 1. The van der Waals surface area contributed by atoms with E-state index < -0.39 is 0 Å². The molecule has 1 unspecified atom stereocenters. The molecule has 2 aromatic rings. The Bertz CT molecular complexity index is 650. The highest BCUT2D eigenvalue weighted by Gasteiger charge is 2.10. The summed E-state index contributed by atoms with van der Waals surface area (Å²) in [5, 5.41) is 1.22. The van der Waals surface area contributed by atoms with Gasteiger partial charge >= 0.3 is 0 Å². The van der Waals surface area contributed by atoms with Crippen molar-refractivity contribution in [2.45, 2.75) is 20.3 Å². The van der Waals surface area contributed by atoms with Crippen LogP contribution in [-0.4, -0.2) is 4.98 Å². The maximum atomic E-state index is 4.77. The van der Waals surface area contributed by atoms with E-state index in [0.717, 1.165) is 17.6 Å². The molecule has 1 aromatic carbocycles. The Hall–Kier alpha value is -1.89. The van der Waals surface area contributed by atoms with Crippen molar-refractivity contribution in [3.8, 4) is 0 Å². The highest BCUT2D eigenvalue weighted by Crippen LogP contribution is 2.27. The van der Waals surface area contributed by atoms with Gasteiger partial charge in [-0.15, -0.1) is 0 Å². The van der Waals surface area contributed by atoms with Gasteiger partial charge in [0.2, 0.25) is 0 Å². The zero-order valence-corrected chi connectivity index (χ0v) is 10.9. The molecule has 0 aliphatic heterocycles. The molecule has 0 radical (unpaired) electrons. The minimum absolute atomic E-state index is 0.612. The quantitative estimate of drug-likeness (QED) is 0.708. The summed E-state index contributed by atoms with van der Waals surface area (Å²) in [7, 11) is 0. The summed E-state index contributed by atoms with van der Waals surface area (Å²) < 4.78 is 0. The molecule has 1 aliphatic rings. The van der Waals surface area contributed by atoms with Crippen LogP contribution in [0.25, 0.3) is 16.5 Å². The number of aryl methyl sites for hydroxylation is 1. The molecule has 90 valence electrons. The number of fused-ring (bicyclic) bond motifs is 1. The van der Waals surface area contributed by atoms with Gasteiger partial charge in [-0.1, -0.05) is 42.8 Å². The molecule has 1 aliphatic carbocycles. The van der Waals surface area contributed by atoms with Crippen molar-refractivity contribution in [2.75, 3.05) is 0 Å². The Balaban J connectivity index is 2.06. The zero-order chi connectivity index (χ0) is 12.5. The summed E-state index contributed by atoms with van der Waals surface area (Å²) in [5.74, 6) is 0.612. The molecular weight excluding hydrogens is 218 g/mol. The van der Waals surface area contributed by atoms with Crippen molar-refractivity contribution >= 4 is 16.5 Å². The third-order valence-corrected chi connectivity index (χ3v) is 3.45. The van der Waals surface area contributed by atoms with Crippen LogP contribution in [0, 0.1) is 12.8 Å². The molecule has 1 aromatic heterocycles. The molecule has 0 saturated heterocycles. The summed E-state index contributed by atoms with van der Waals surface area (Å²) >= 11 is 0. The zero-order valence-electron chi connectivity index (χ0n) is 10.9. The normalized spacial score (nSPS) is 19.0. The van der Waals surface area contributed by atoms with Crippen LogP contribution < -0.4 is 0 Å². The lowest BCUT2D eigenvalue weighted by Crippen LogP contribution is -1.99. The summed E-state index contributed by atoms with van der Waals surface area (Å²) in [6.45, 7) is 4.36. The SMILES string of the molecule is Cc1ccc2nc(C3=CC=CC(C)C3)ccc2c1. The maximum absolute atomic E-state index is 4.77. The maximum Gasteiger partial charge on any atom is 0.0709 e. The second-order valence-electron chi connectivity index (χ2n) is 5.15. The Morgan fingerprint density at radius 2 is 2.06 bits per heavy atom. The van der Waals surface area contributed by atoms with E-state index in [1.54, 1.807) is 0 Å². The molecule has 1 atom stereocenters. The lowest BCUT2D eigenvalue weighted by atomic mass is 9.93. The van der Waals surface area contributed by atoms with Crippen LogP contribution >= 0.6 is 0 Å². The van der Waals surface area contributed by atoms with E-state index in [-0.39, 0.29) is 0 Å². The van der Waals surface area contributed by atoms with E-state index in [0.29, 0.717) is 5.92 Å². The van der Waals surface area contributed by atoms with Gasteiger partial charge in [-0.25, -0.2) is 4.98 Å². The largest absolute Gasteiger partial charge is 0.248 e. The van der Waals surface area contributed by atoms with Gasteiger partial charge in [-0.2, -0.15) is 0 Å². The average Bonchev–Trinajstić information content (AvgIpc) is 2.38. The van der Waals surface area contributed by atoms with Crippen LogP contribution in [0.15, 0.2) is 48.6 Å². The molecule has 0 N–H and O–H groups in total. The number of benzene rings is 1. The first-order chi connectivity index (χ1) is 8.72. The van der Waals surface area contributed by atoms with Crippen LogP contribution in [0.4, 0.5) is 0 Å². The summed E-state index contributed by atoms with van der Waals surface area (Å²) in [6, 6.07) is 10.7. The molecule has 1 heterocycles. The Labute approximate surface area is 108 Å². The number of hydrogen-bond donors (Lipinski definition) is 0. The van der Waals surface area contributed by atoms with E-state index in [1.807, 2.05) is 0 Å². The van der Waals surface area contributed by atoms with Gasteiger partial charge in [0, 0.05) is 5.39 Å². The fraction of sp³-hybridized carbons (Fsp3) is 0.235. The number of hydrogen-bond acceptors (Lipinski definition) is 1. The third-order valence-electron chi connectivity index (χ3n) is 3.45. The van der Waals surface area contributed by atoms with Crippen LogP contribution in [-0.2, 0) is 0 Å². The van der Waals surface area contributed by atoms with Gasteiger partial charge in [0.15, 0.2) is 0 Å². The van der Waals surface area contributed by atoms with Crippen molar-refractivity contribution in [3.63, 3.8) is 0 Å². The van der Waals surface area contributed by atoms with Crippen molar-refractivity contribution in [3.05, 3.63) is 59.8 Å². The summed E-state index contributed by atoms with van der Waals surface area (Å²) in [5.41, 5.74) is 4.82. The predicted molar refractivity (Wildman–Crippen MR) is 77.4 cm³/mol. The first-order valence-electron chi connectivity index (χ1n) is 6.47. The summed E-state index contributed by atoms with van der Waals surface area (Å²) in [4.78, 5) is 4.77. The van der Waals surface area contributed by atoms with E-state index in [4.69, 9.17) is 4.98 Å². The molecule has 3 rings (SSSR count). The fourth-order valence-corrected chi connectivity index (χ4v) is 2.46. The highest BCUT2D eigenvalue weighted by molar-refractivity contribution is 5.82. The predicted octanol–water partition coefficient (Wildman–Crippen LogP) is 4.52. The van der Waals surface area contributed by atoms with E-state index in [2.05, 4.69) is 62.4 Å². The van der Waals surface area contributed by atoms with Gasteiger partial charge in [-0.05, 0) is 43.0 Å². The number of allylic oxidation sites excluding steroid dienone is 4. The van der Waals surface area contributed by atoms with Crippen molar-refractivity contribution in [1.82, 2.24) is 4.98 Å². The molecule has 0 spiro atoms. The Morgan fingerprint density at radius 3 is 2.89 bits per heavy atom. The van der Waals surface area contributed by atoms with Crippen molar-refractivity contribution in [1.29, 1.82) is 0 Å². The fourth-order valence-electron chi connectivity index (χ4n) is 2.46. The van der Waals surface area contributed by atoms with Gasteiger partial charge in [0.1, 0.15) is 0 Å². The molecule has 0 fully saturated rings. The molecule has 0 amide bonds. The first kappa shape index (κ1) is 11.2. The molecular formula is C17H17N. The summed E-state index contributed by atoms with van der Waals surface area (Å²) in [6.07, 6.45) is 7.65. The second kappa shape index (κ2) is 4.41. The molecule has 18 heavy (non-hydrogen) atoms. The van der Waals surface area contributed by atoms with Gasteiger partial charge in [0.25, 0.3) is 0 Å². The number of rotatable bonds is 1. The van der Waals surface area contributed by atoms with E-state index >= 15 is 0 Å². The first-order valence-corrected chi connectivity index (χ1v) is 6.47. The minimum Gasteiger partial charge on any atom is -0.248 e. The molecule has 1 heteroatoms. The van der Waals surface area contributed by atoms with Crippen LogP contribution in [0.1, 0.15) is 24.6 Å². The third kappa shape index (κ3) is 2.08. The highest BCUT2D eigenvalue weighted by atomic mass is 14.7. The van der Waals surface area contributed by atoms with Crippen LogP contribution in [0.2, 0.25) is 0 Å². The lowest BCUT2D eigenvalue weighted by Gasteiger charge is -2.14. The molecule has 0 saturated carbocycles. The van der Waals surface area contributed by atoms with Crippen molar-refractivity contribution < 1.29 is 0 Å². The van der Waals surface area contributed by atoms with Crippen molar-refractivity contribution in [2.24, 2.45) is 5.92 Å². The smallest absolute Gasteiger partial charge is 0.0709 e. The van der Waals surface area contributed by atoms with E-state index in [1.165, 1.54) is 16.5 Å². The molecule has 1 nitrogen and oxygen atoms in total.